The highest BCUT2D eigenvalue weighted by Crippen LogP contribution is 2.48. The molecule has 1 aliphatic carbocycles. The third kappa shape index (κ3) is 3.46. The number of nitrogens with one attached hydrogen (secondary N) is 3. The summed E-state index contributed by atoms with van der Waals surface area (Å²) in [7, 11) is 1.60. The summed E-state index contributed by atoms with van der Waals surface area (Å²) < 4.78 is 11.4. The molecular formula is C24H24ClN3O4. The SMILES string of the molecule is COc1ccccc1CNC(=O)c1cc2cc(Cl)c3c(c2o1)C1(CCCCC1)NC(=O)N3. The molecule has 3 N–H and O–H groups in total. The van der Waals surface area contributed by atoms with Crippen molar-refractivity contribution in [2.24, 2.45) is 0 Å². The van der Waals surface area contributed by atoms with Crippen molar-refractivity contribution >= 4 is 40.2 Å². The van der Waals surface area contributed by atoms with Crippen LogP contribution in [0.3, 0.4) is 0 Å². The van der Waals surface area contributed by atoms with Gasteiger partial charge in [0.1, 0.15) is 11.3 Å². The molecule has 0 radical (unpaired) electrons. The van der Waals surface area contributed by atoms with Crippen molar-refractivity contribution in [1.82, 2.24) is 10.6 Å². The second-order valence-electron chi connectivity index (χ2n) is 8.35. The summed E-state index contributed by atoms with van der Waals surface area (Å²) in [4.78, 5) is 25.3. The third-order valence-electron chi connectivity index (χ3n) is 6.39. The Morgan fingerprint density at radius 3 is 2.78 bits per heavy atom. The molecule has 0 atom stereocenters. The van der Waals surface area contributed by atoms with E-state index >= 15 is 0 Å². The van der Waals surface area contributed by atoms with Gasteiger partial charge in [0.15, 0.2) is 5.76 Å². The van der Waals surface area contributed by atoms with Crippen LogP contribution in [0, 0.1) is 0 Å². The van der Waals surface area contributed by atoms with Gasteiger partial charge in [0.2, 0.25) is 0 Å². The van der Waals surface area contributed by atoms with E-state index in [1.165, 1.54) is 0 Å². The Bertz CT molecular complexity index is 1210. The molecule has 166 valence electrons. The van der Waals surface area contributed by atoms with Gasteiger partial charge in [0.05, 0.1) is 23.4 Å². The Hall–Kier alpha value is -3.19. The van der Waals surface area contributed by atoms with E-state index in [-0.39, 0.29) is 17.7 Å². The molecule has 1 saturated carbocycles. The molecule has 3 aromatic rings. The van der Waals surface area contributed by atoms with E-state index in [1.54, 1.807) is 19.2 Å². The van der Waals surface area contributed by atoms with Crippen LogP contribution in [0.1, 0.15) is 53.8 Å². The van der Waals surface area contributed by atoms with Crippen molar-refractivity contribution in [1.29, 1.82) is 0 Å². The summed E-state index contributed by atoms with van der Waals surface area (Å²) in [6.07, 6.45) is 4.73. The quantitative estimate of drug-likeness (QED) is 0.498. The minimum Gasteiger partial charge on any atom is -0.496 e. The number of ether oxygens (including phenoxy) is 1. The Labute approximate surface area is 190 Å². The molecule has 7 nitrogen and oxygen atoms in total. The lowest BCUT2D eigenvalue weighted by molar-refractivity contribution is 0.0924. The number of benzene rings is 2. The van der Waals surface area contributed by atoms with Gasteiger partial charge in [-0.1, -0.05) is 49.1 Å². The Morgan fingerprint density at radius 1 is 1.22 bits per heavy atom. The van der Waals surface area contributed by atoms with Crippen molar-refractivity contribution < 1.29 is 18.7 Å². The number of urea groups is 1. The van der Waals surface area contributed by atoms with Crippen molar-refractivity contribution in [3.8, 4) is 5.75 Å². The predicted molar refractivity (Wildman–Crippen MR) is 122 cm³/mol. The van der Waals surface area contributed by atoms with E-state index in [0.717, 1.165) is 48.6 Å². The summed E-state index contributed by atoms with van der Waals surface area (Å²) in [5.74, 6) is 0.573. The first-order valence-electron chi connectivity index (χ1n) is 10.8. The first-order valence-corrected chi connectivity index (χ1v) is 11.1. The van der Waals surface area contributed by atoms with Crippen molar-refractivity contribution in [3.05, 3.63) is 58.3 Å². The van der Waals surface area contributed by atoms with E-state index in [9.17, 15) is 9.59 Å². The number of rotatable bonds is 4. The van der Waals surface area contributed by atoms with Crippen LogP contribution in [-0.2, 0) is 12.1 Å². The van der Waals surface area contributed by atoms with Crippen LogP contribution in [0.2, 0.25) is 5.02 Å². The first kappa shape index (κ1) is 20.7. The Morgan fingerprint density at radius 2 is 2.00 bits per heavy atom. The molecule has 0 saturated heterocycles. The van der Waals surface area contributed by atoms with Gasteiger partial charge in [-0.2, -0.15) is 0 Å². The van der Waals surface area contributed by atoms with Crippen LogP contribution in [-0.4, -0.2) is 19.0 Å². The zero-order valence-electron chi connectivity index (χ0n) is 17.7. The molecule has 1 aromatic heterocycles. The van der Waals surface area contributed by atoms with E-state index < -0.39 is 5.54 Å². The number of amides is 3. The van der Waals surface area contributed by atoms with E-state index in [2.05, 4.69) is 16.0 Å². The van der Waals surface area contributed by atoms with Crippen LogP contribution in [0.15, 0.2) is 40.8 Å². The molecule has 5 rings (SSSR count). The lowest BCUT2D eigenvalue weighted by Gasteiger charge is -2.42. The summed E-state index contributed by atoms with van der Waals surface area (Å²) in [5, 5.41) is 10.0. The fourth-order valence-corrected chi connectivity index (χ4v) is 5.17. The van der Waals surface area contributed by atoms with Gasteiger partial charge in [0, 0.05) is 23.1 Å². The van der Waals surface area contributed by atoms with E-state index in [1.807, 2.05) is 24.3 Å². The average molecular weight is 454 g/mol. The number of hydrogen-bond donors (Lipinski definition) is 3. The number of carbonyl (C=O) groups is 2. The molecule has 1 fully saturated rings. The molecule has 0 bridgehead atoms. The number of anilines is 1. The zero-order valence-corrected chi connectivity index (χ0v) is 18.5. The standard InChI is InChI=1S/C24H24ClN3O4/c1-31-17-8-4-3-7-14(17)13-26-22(29)18-12-15-11-16(25)20-19(21(15)32-18)24(28-23(30)27-20)9-5-2-6-10-24/h3-4,7-8,11-12H,2,5-6,9-10,13H2,1H3,(H,26,29)(H2,27,28,30). The molecule has 2 heterocycles. The highest BCUT2D eigenvalue weighted by atomic mass is 35.5. The zero-order chi connectivity index (χ0) is 22.3. The second-order valence-corrected chi connectivity index (χ2v) is 8.76. The third-order valence-corrected chi connectivity index (χ3v) is 6.69. The normalized spacial score (nSPS) is 16.9. The molecule has 0 unspecified atom stereocenters. The molecule has 1 spiro atoms. The predicted octanol–water partition coefficient (Wildman–Crippen LogP) is 5.32. The summed E-state index contributed by atoms with van der Waals surface area (Å²) in [5.41, 5.74) is 2.32. The van der Waals surface area contributed by atoms with Crippen molar-refractivity contribution in [3.63, 3.8) is 0 Å². The Balaban J connectivity index is 1.51. The monoisotopic (exact) mass is 453 g/mol. The minimum absolute atomic E-state index is 0.197. The van der Waals surface area contributed by atoms with Gasteiger partial charge in [-0.3, -0.25) is 4.79 Å². The maximum absolute atomic E-state index is 12.9. The molecule has 3 amide bonds. The lowest BCUT2D eigenvalue weighted by Crippen LogP contribution is -2.52. The topological polar surface area (TPSA) is 92.6 Å². The second kappa shape index (κ2) is 8.06. The molecule has 2 aromatic carbocycles. The summed E-state index contributed by atoms with van der Waals surface area (Å²) >= 11 is 6.55. The summed E-state index contributed by atoms with van der Waals surface area (Å²) in [6.45, 7) is 0.306. The number of methoxy groups -OCH3 is 1. The smallest absolute Gasteiger partial charge is 0.319 e. The van der Waals surface area contributed by atoms with Crippen molar-refractivity contribution in [2.75, 3.05) is 12.4 Å². The first-order chi connectivity index (χ1) is 15.5. The maximum Gasteiger partial charge on any atom is 0.319 e. The number of halogens is 1. The average Bonchev–Trinajstić information content (AvgIpc) is 3.21. The number of para-hydroxylation sites is 1. The highest BCUT2D eigenvalue weighted by molar-refractivity contribution is 6.35. The van der Waals surface area contributed by atoms with Gasteiger partial charge in [-0.25, -0.2) is 4.79 Å². The van der Waals surface area contributed by atoms with Crippen LogP contribution in [0.25, 0.3) is 11.0 Å². The Kier molecular flexibility index (Phi) is 5.21. The largest absolute Gasteiger partial charge is 0.496 e. The fraction of sp³-hybridized carbons (Fsp3) is 0.333. The summed E-state index contributed by atoms with van der Waals surface area (Å²) in [6, 6.07) is 10.7. The van der Waals surface area contributed by atoms with Gasteiger partial charge < -0.3 is 25.1 Å². The number of carbonyl (C=O) groups excluding carboxylic acids is 2. The highest BCUT2D eigenvalue weighted by Gasteiger charge is 2.43. The van der Waals surface area contributed by atoms with Crippen molar-refractivity contribution in [2.45, 2.75) is 44.2 Å². The number of furan rings is 1. The van der Waals surface area contributed by atoms with Crippen LogP contribution in [0.5, 0.6) is 5.75 Å². The minimum atomic E-state index is -0.540. The van der Waals surface area contributed by atoms with Gasteiger partial charge in [0.25, 0.3) is 5.91 Å². The number of fused-ring (bicyclic) bond motifs is 4. The van der Waals surface area contributed by atoms with E-state index in [4.69, 9.17) is 20.8 Å². The molecular weight excluding hydrogens is 430 g/mol. The number of hydrogen-bond acceptors (Lipinski definition) is 4. The molecule has 8 heteroatoms. The molecule has 2 aliphatic rings. The van der Waals surface area contributed by atoms with Gasteiger partial charge in [-0.05, 0) is 31.0 Å². The molecule has 1 aliphatic heterocycles. The molecule has 32 heavy (non-hydrogen) atoms. The van der Waals surface area contributed by atoms with Crippen LogP contribution in [0.4, 0.5) is 10.5 Å². The lowest BCUT2D eigenvalue weighted by atomic mass is 9.74. The van der Waals surface area contributed by atoms with Crippen LogP contribution >= 0.6 is 11.6 Å². The van der Waals surface area contributed by atoms with Gasteiger partial charge in [-0.15, -0.1) is 0 Å². The van der Waals surface area contributed by atoms with Gasteiger partial charge >= 0.3 is 6.03 Å². The van der Waals surface area contributed by atoms with Crippen LogP contribution < -0.4 is 20.7 Å². The fourth-order valence-electron chi connectivity index (χ4n) is 4.91. The maximum atomic E-state index is 12.9. The van der Waals surface area contributed by atoms with E-state index in [0.29, 0.717) is 28.6 Å².